The number of nitrogens with zero attached hydrogens (tertiary/aromatic N) is 2. The van der Waals surface area contributed by atoms with Crippen LogP contribution in [0.3, 0.4) is 0 Å². The molecular weight excluding hydrogens is 511 g/mol. The van der Waals surface area contributed by atoms with Crippen molar-refractivity contribution in [1.29, 1.82) is 0 Å². The molecule has 0 saturated carbocycles. The molecule has 3 aromatic carbocycles. The fraction of sp³-hybridized carbons (Fsp3) is 0.0690. The minimum absolute atomic E-state index is 0.0222. The van der Waals surface area contributed by atoms with Crippen LogP contribution >= 0.6 is 23.2 Å². The van der Waals surface area contributed by atoms with Crippen LogP contribution in [0, 0.1) is 0 Å². The van der Waals surface area contributed by atoms with Crippen molar-refractivity contribution in [3.05, 3.63) is 134 Å². The summed E-state index contributed by atoms with van der Waals surface area (Å²) in [5.74, 6) is 0.515. The highest BCUT2D eigenvalue weighted by molar-refractivity contribution is 6.31. The number of pyridine rings is 1. The zero-order chi connectivity index (χ0) is 25.5. The Morgan fingerprint density at radius 2 is 1.65 bits per heavy atom. The average molecular weight is 529 g/mol. The molecule has 1 aliphatic rings. The molecular formula is C29H18Cl2N2O4. The van der Waals surface area contributed by atoms with E-state index in [1.54, 1.807) is 30.3 Å². The molecule has 3 heterocycles. The molecule has 1 atom stereocenters. The molecule has 0 fully saturated rings. The lowest BCUT2D eigenvalue weighted by Gasteiger charge is -2.24. The summed E-state index contributed by atoms with van der Waals surface area (Å²) in [5, 5.41) is 1.13. The Labute approximate surface area is 221 Å². The van der Waals surface area contributed by atoms with Gasteiger partial charge in [0.2, 0.25) is 5.76 Å². The topological polar surface area (TPSA) is 72.6 Å². The summed E-state index contributed by atoms with van der Waals surface area (Å²) in [7, 11) is 0. The van der Waals surface area contributed by atoms with Crippen molar-refractivity contribution in [1.82, 2.24) is 4.98 Å². The highest BCUT2D eigenvalue weighted by Gasteiger charge is 2.44. The van der Waals surface area contributed by atoms with Crippen LogP contribution in [0.25, 0.3) is 11.0 Å². The van der Waals surface area contributed by atoms with Crippen molar-refractivity contribution < 1.29 is 13.9 Å². The van der Waals surface area contributed by atoms with Gasteiger partial charge >= 0.3 is 0 Å². The monoisotopic (exact) mass is 528 g/mol. The third-order valence-corrected chi connectivity index (χ3v) is 6.69. The van der Waals surface area contributed by atoms with E-state index in [-0.39, 0.29) is 22.3 Å². The largest absolute Gasteiger partial charge is 0.489 e. The quantitative estimate of drug-likeness (QED) is 0.250. The first kappa shape index (κ1) is 23.3. The Morgan fingerprint density at radius 3 is 2.38 bits per heavy atom. The van der Waals surface area contributed by atoms with Crippen molar-refractivity contribution in [2.24, 2.45) is 0 Å². The van der Waals surface area contributed by atoms with Gasteiger partial charge in [-0.2, -0.15) is 0 Å². The summed E-state index contributed by atoms with van der Waals surface area (Å²) in [6, 6.07) is 24.4. The van der Waals surface area contributed by atoms with Gasteiger partial charge in [-0.1, -0.05) is 65.7 Å². The maximum absolute atomic E-state index is 13.7. The molecule has 6 nitrogen and oxygen atoms in total. The molecule has 0 radical (unpaired) electrons. The molecule has 0 N–H and O–H groups in total. The molecule has 37 heavy (non-hydrogen) atoms. The van der Waals surface area contributed by atoms with E-state index in [2.05, 4.69) is 4.98 Å². The Bertz CT molecular complexity index is 1680. The van der Waals surface area contributed by atoms with E-state index in [4.69, 9.17) is 32.4 Å². The van der Waals surface area contributed by atoms with Gasteiger partial charge in [0.05, 0.1) is 22.0 Å². The van der Waals surface area contributed by atoms with Crippen LogP contribution in [0.4, 0.5) is 5.82 Å². The summed E-state index contributed by atoms with van der Waals surface area (Å²) in [4.78, 5) is 33.1. The standard InChI is InChI=1S/C29H18Cl2N2O4/c30-19-8-12-23-22(14-19)27(34)25-26(33(29(35)28(25)37-23)24-13-9-20(31)15-32-24)18-6-10-21(11-7-18)36-16-17-4-2-1-3-5-17/h1-15,26H,16H2. The average Bonchev–Trinajstić information content (AvgIpc) is 3.21. The summed E-state index contributed by atoms with van der Waals surface area (Å²) in [6.45, 7) is 0.419. The zero-order valence-electron chi connectivity index (χ0n) is 19.2. The molecule has 2 aromatic heterocycles. The van der Waals surface area contributed by atoms with Crippen LogP contribution in [0.15, 0.2) is 100 Å². The number of fused-ring (bicyclic) bond motifs is 2. The third-order valence-electron chi connectivity index (χ3n) is 6.23. The molecule has 182 valence electrons. The molecule has 5 aromatic rings. The van der Waals surface area contributed by atoms with E-state index < -0.39 is 11.9 Å². The summed E-state index contributed by atoms with van der Waals surface area (Å²) < 4.78 is 11.9. The van der Waals surface area contributed by atoms with Crippen LogP contribution in [-0.2, 0) is 6.61 Å². The third kappa shape index (κ3) is 4.24. The lowest BCUT2D eigenvalue weighted by molar-refractivity contribution is 0.0970. The van der Waals surface area contributed by atoms with Gasteiger partial charge in [-0.15, -0.1) is 0 Å². The zero-order valence-corrected chi connectivity index (χ0v) is 20.7. The highest BCUT2D eigenvalue weighted by Crippen LogP contribution is 2.41. The van der Waals surface area contributed by atoms with Gasteiger partial charge in [-0.25, -0.2) is 4.98 Å². The first-order chi connectivity index (χ1) is 18.0. The highest BCUT2D eigenvalue weighted by atomic mass is 35.5. The number of rotatable bonds is 5. The minimum atomic E-state index is -0.765. The fourth-order valence-corrected chi connectivity index (χ4v) is 4.78. The minimum Gasteiger partial charge on any atom is -0.489 e. The van der Waals surface area contributed by atoms with Crippen LogP contribution in [0.5, 0.6) is 5.75 Å². The number of carbonyl (C=O) groups excluding carboxylic acids is 1. The lowest BCUT2D eigenvalue weighted by Crippen LogP contribution is -2.30. The van der Waals surface area contributed by atoms with Crippen LogP contribution in [0.1, 0.15) is 33.3 Å². The Balaban J connectivity index is 1.44. The molecule has 6 rings (SSSR count). The van der Waals surface area contributed by atoms with Gasteiger partial charge < -0.3 is 9.15 Å². The number of aromatic nitrogens is 1. The van der Waals surface area contributed by atoms with Crippen molar-refractivity contribution in [2.45, 2.75) is 12.6 Å². The summed E-state index contributed by atoms with van der Waals surface area (Å²) in [6.07, 6.45) is 1.45. The van der Waals surface area contributed by atoms with E-state index in [0.29, 0.717) is 39.2 Å². The van der Waals surface area contributed by atoms with E-state index in [1.165, 1.54) is 11.1 Å². The van der Waals surface area contributed by atoms with Gasteiger partial charge in [0, 0.05) is 11.2 Å². The van der Waals surface area contributed by atoms with Crippen molar-refractivity contribution in [3.8, 4) is 5.75 Å². The van der Waals surface area contributed by atoms with Crippen LogP contribution in [0.2, 0.25) is 10.0 Å². The molecule has 0 bridgehead atoms. The predicted octanol–water partition coefficient (Wildman–Crippen LogP) is 6.82. The smallest absolute Gasteiger partial charge is 0.296 e. The number of anilines is 1. The number of benzene rings is 3. The maximum atomic E-state index is 13.7. The summed E-state index contributed by atoms with van der Waals surface area (Å²) in [5.41, 5.74) is 1.94. The Morgan fingerprint density at radius 1 is 0.892 bits per heavy atom. The first-order valence-corrected chi connectivity index (χ1v) is 12.2. The van der Waals surface area contributed by atoms with Gasteiger partial charge in [0.1, 0.15) is 23.8 Å². The molecule has 1 amide bonds. The molecule has 1 aliphatic heterocycles. The SMILES string of the molecule is O=C1c2oc3ccc(Cl)cc3c(=O)c2C(c2ccc(OCc3ccccc3)cc2)N1c1ccc(Cl)cn1. The second-order valence-electron chi connectivity index (χ2n) is 8.57. The van der Waals surface area contributed by atoms with E-state index in [1.807, 2.05) is 54.6 Å². The van der Waals surface area contributed by atoms with Crippen LogP contribution < -0.4 is 15.1 Å². The molecule has 1 unspecified atom stereocenters. The van der Waals surface area contributed by atoms with Gasteiger partial charge in [0.15, 0.2) is 5.43 Å². The van der Waals surface area contributed by atoms with Gasteiger partial charge in [-0.05, 0) is 53.6 Å². The Hall–Kier alpha value is -4.13. The number of halogens is 2. The maximum Gasteiger partial charge on any atom is 0.296 e. The predicted molar refractivity (Wildman–Crippen MR) is 143 cm³/mol. The second-order valence-corrected chi connectivity index (χ2v) is 9.44. The molecule has 0 spiro atoms. The number of hydrogen-bond acceptors (Lipinski definition) is 5. The summed E-state index contributed by atoms with van der Waals surface area (Å²) >= 11 is 12.2. The van der Waals surface area contributed by atoms with Crippen molar-refractivity contribution in [3.63, 3.8) is 0 Å². The van der Waals surface area contributed by atoms with Crippen molar-refractivity contribution in [2.75, 3.05) is 4.90 Å². The number of carbonyl (C=O) groups is 1. The lowest BCUT2D eigenvalue weighted by atomic mass is 9.98. The van der Waals surface area contributed by atoms with Gasteiger partial charge in [0.25, 0.3) is 5.91 Å². The molecule has 8 heteroatoms. The van der Waals surface area contributed by atoms with E-state index >= 15 is 0 Å². The number of amides is 1. The molecule has 0 saturated heterocycles. The first-order valence-electron chi connectivity index (χ1n) is 11.5. The number of hydrogen-bond donors (Lipinski definition) is 0. The van der Waals surface area contributed by atoms with E-state index in [9.17, 15) is 9.59 Å². The normalized spacial score (nSPS) is 14.7. The van der Waals surface area contributed by atoms with Crippen LogP contribution in [-0.4, -0.2) is 10.9 Å². The number of ether oxygens (including phenoxy) is 1. The molecule has 0 aliphatic carbocycles. The van der Waals surface area contributed by atoms with Crippen molar-refractivity contribution >= 4 is 45.9 Å². The fourth-order valence-electron chi connectivity index (χ4n) is 4.49. The van der Waals surface area contributed by atoms with E-state index in [0.717, 1.165) is 5.56 Å². The second kappa shape index (κ2) is 9.39. The Kier molecular flexibility index (Phi) is 5.91. The van der Waals surface area contributed by atoms with Gasteiger partial charge in [-0.3, -0.25) is 14.5 Å².